The third-order valence-electron chi connectivity index (χ3n) is 3.17. The summed E-state index contributed by atoms with van der Waals surface area (Å²) in [7, 11) is 1.76. The van der Waals surface area contributed by atoms with E-state index >= 15 is 0 Å². The lowest BCUT2D eigenvalue weighted by Crippen LogP contribution is -2.23. The lowest BCUT2D eigenvalue weighted by molar-refractivity contribution is 0.0697. The van der Waals surface area contributed by atoms with Crippen molar-refractivity contribution in [1.82, 2.24) is 9.78 Å². The fourth-order valence-electron chi connectivity index (χ4n) is 2.19. The van der Waals surface area contributed by atoms with E-state index in [0.717, 1.165) is 5.69 Å². The van der Waals surface area contributed by atoms with Crippen molar-refractivity contribution in [1.29, 1.82) is 5.26 Å². The van der Waals surface area contributed by atoms with Crippen LogP contribution in [0.25, 0.3) is 5.69 Å². The molecule has 0 spiro atoms. The number of nitriles is 1. The predicted molar refractivity (Wildman–Crippen MR) is 78.8 cm³/mol. The highest BCUT2D eigenvalue weighted by atomic mass is 16.4. The van der Waals surface area contributed by atoms with Crippen LogP contribution in [-0.4, -0.2) is 34.4 Å². The van der Waals surface area contributed by atoms with E-state index < -0.39 is 5.97 Å². The first-order valence-electron chi connectivity index (χ1n) is 6.52. The summed E-state index contributed by atoms with van der Waals surface area (Å²) < 4.78 is 1.61. The zero-order chi connectivity index (χ0) is 15.4. The van der Waals surface area contributed by atoms with Crippen molar-refractivity contribution in [2.45, 2.75) is 13.3 Å². The Kier molecular flexibility index (Phi) is 4.24. The maximum Gasteiger partial charge on any atom is 0.341 e. The molecular formula is C15H16N4O2. The predicted octanol–water partition coefficient (Wildman–Crippen LogP) is 2.23. The summed E-state index contributed by atoms with van der Waals surface area (Å²) in [6.45, 7) is 2.11. The standard InChI is InChI=1S/C15H16N4O2/c1-11-13(15(20)21)14(18(2)10-6-9-16)19(17-11)12-7-4-3-5-8-12/h3-5,7-8H,6,10H2,1-2H3,(H,20,21). The van der Waals surface area contributed by atoms with Gasteiger partial charge in [0.2, 0.25) is 0 Å². The van der Waals surface area contributed by atoms with Gasteiger partial charge in [0.15, 0.2) is 0 Å². The first-order valence-corrected chi connectivity index (χ1v) is 6.52. The number of rotatable bonds is 5. The van der Waals surface area contributed by atoms with Gasteiger partial charge in [-0.15, -0.1) is 0 Å². The molecule has 0 saturated carbocycles. The lowest BCUT2D eigenvalue weighted by atomic mass is 10.2. The summed E-state index contributed by atoms with van der Waals surface area (Å²) in [5.41, 5.74) is 1.40. The van der Waals surface area contributed by atoms with Crippen LogP contribution in [0.3, 0.4) is 0 Å². The van der Waals surface area contributed by atoms with E-state index in [1.54, 1.807) is 23.6 Å². The molecule has 0 saturated heterocycles. The number of para-hydroxylation sites is 1. The maximum atomic E-state index is 11.5. The molecule has 0 radical (unpaired) electrons. The Morgan fingerprint density at radius 1 is 1.43 bits per heavy atom. The number of hydrogen-bond acceptors (Lipinski definition) is 4. The molecule has 0 fully saturated rings. The van der Waals surface area contributed by atoms with Gasteiger partial charge in [-0.3, -0.25) is 0 Å². The topological polar surface area (TPSA) is 82.2 Å². The van der Waals surface area contributed by atoms with Gasteiger partial charge < -0.3 is 10.0 Å². The van der Waals surface area contributed by atoms with Crippen molar-refractivity contribution in [3.8, 4) is 11.8 Å². The first-order chi connectivity index (χ1) is 10.1. The van der Waals surface area contributed by atoms with Crippen molar-refractivity contribution in [3.63, 3.8) is 0 Å². The van der Waals surface area contributed by atoms with Gasteiger partial charge in [-0.1, -0.05) is 18.2 Å². The average Bonchev–Trinajstić information content (AvgIpc) is 2.83. The molecule has 1 aromatic carbocycles. The zero-order valence-corrected chi connectivity index (χ0v) is 11.9. The second-order valence-electron chi connectivity index (χ2n) is 4.67. The zero-order valence-electron chi connectivity index (χ0n) is 11.9. The van der Waals surface area contributed by atoms with E-state index in [1.165, 1.54) is 0 Å². The van der Waals surface area contributed by atoms with E-state index in [1.807, 2.05) is 30.3 Å². The van der Waals surface area contributed by atoms with Crippen molar-refractivity contribution in [3.05, 3.63) is 41.6 Å². The third-order valence-corrected chi connectivity index (χ3v) is 3.17. The van der Waals surface area contributed by atoms with Gasteiger partial charge in [-0.25, -0.2) is 9.48 Å². The maximum absolute atomic E-state index is 11.5. The summed E-state index contributed by atoms with van der Waals surface area (Å²) in [5.74, 6) is -0.532. The number of carboxylic acids is 1. The molecule has 0 aliphatic heterocycles. The van der Waals surface area contributed by atoms with Gasteiger partial charge in [0.1, 0.15) is 11.4 Å². The lowest BCUT2D eigenvalue weighted by Gasteiger charge is -2.20. The fraction of sp³-hybridized carbons (Fsp3) is 0.267. The van der Waals surface area contributed by atoms with Crippen LogP contribution in [0, 0.1) is 18.3 Å². The Hall–Kier alpha value is -2.81. The van der Waals surface area contributed by atoms with Crippen LogP contribution >= 0.6 is 0 Å². The highest BCUT2D eigenvalue weighted by Crippen LogP contribution is 2.26. The molecule has 0 atom stereocenters. The summed E-state index contributed by atoms with van der Waals surface area (Å²) in [4.78, 5) is 13.3. The molecule has 0 aliphatic rings. The van der Waals surface area contributed by atoms with Crippen molar-refractivity contribution in [2.75, 3.05) is 18.5 Å². The van der Waals surface area contributed by atoms with E-state index in [-0.39, 0.29) is 5.56 Å². The first kappa shape index (κ1) is 14.6. The second-order valence-corrected chi connectivity index (χ2v) is 4.67. The number of nitrogens with zero attached hydrogens (tertiary/aromatic N) is 4. The minimum Gasteiger partial charge on any atom is -0.477 e. The van der Waals surface area contributed by atoms with Crippen LogP contribution in [-0.2, 0) is 0 Å². The molecule has 2 rings (SSSR count). The Morgan fingerprint density at radius 3 is 2.67 bits per heavy atom. The molecular weight excluding hydrogens is 268 g/mol. The number of benzene rings is 1. The number of aromatic carboxylic acids is 1. The number of hydrogen-bond donors (Lipinski definition) is 1. The largest absolute Gasteiger partial charge is 0.477 e. The molecule has 0 aliphatic carbocycles. The fourth-order valence-corrected chi connectivity index (χ4v) is 2.19. The van der Waals surface area contributed by atoms with Gasteiger partial charge in [0, 0.05) is 13.6 Å². The summed E-state index contributed by atoms with van der Waals surface area (Å²) in [5, 5.41) is 22.5. The van der Waals surface area contributed by atoms with Gasteiger partial charge in [0.25, 0.3) is 0 Å². The van der Waals surface area contributed by atoms with Crippen LogP contribution in [0.4, 0.5) is 5.82 Å². The highest BCUT2D eigenvalue weighted by molar-refractivity contribution is 5.95. The van der Waals surface area contributed by atoms with E-state index in [9.17, 15) is 9.90 Å². The van der Waals surface area contributed by atoms with Crippen LogP contribution in [0.5, 0.6) is 0 Å². The molecule has 0 amide bonds. The van der Waals surface area contributed by atoms with Gasteiger partial charge >= 0.3 is 5.97 Å². The van der Waals surface area contributed by atoms with Crippen molar-refractivity contribution < 1.29 is 9.90 Å². The van der Waals surface area contributed by atoms with E-state index in [0.29, 0.717) is 24.5 Å². The Balaban J connectivity index is 2.58. The summed E-state index contributed by atoms with van der Waals surface area (Å²) in [6, 6.07) is 11.4. The molecule has 21 heavy (non-hydrogen) atoms. The van der Waals surface area contributed by atoms with Gasteiger partial charge in [-0.2, -0.15) is 10.4 Å². The molecule has 0 bridgehead atoms. The molecule has 6 nitrogen and oxygen atoms in total. The SMILES string of the molecule is Cc1nn(-c2ccccc2)c(N(C)CCC#N)c1C(=O)O. The molecule has 1 heterocycles. The second kappa shape index (κ2) is 6.09. The molecule has 6 heteroatoms. The van der Waals surface area contributed by atoms with Crippen LogP contribution in [0.15, 0.2) is 30.3 Å². The molecule has 1 N–H and O–H groups in total. The van der Waals surface area contributed by atoms with Gasteiger partial charge in [0.05, 0.1) is 23.9 Å². The Bertz CT molecular complexity index is 686. The molecule has 1 aromatic heterocycles. The smallest absolute Gasteiger partial charge is 0.341 e. The van der Waals surface area contributed by atoms with E-state index in [4.69, 9.17) is 5.26 Å². The highest BCUT2D eigenvalue weighted by Gasteiger charge is 2.24. The monoisotopic (exact) mass is 284 g/mol. The van der Waals surface area contributed by atoms with Crippen LogP contribution in [0.1, 0.15) is 22.5 Å². The third kappa shape index (κ3) is 2.87. The number of carbonyl (C=O) groups is 1. The summed E-state index contributed by atoms with van der Waals surface area (Å²) in [6.07, 6.45) is 0.314. The number of anilines is 1. The van der Waals surface area contributed by atoms with Gasteiger partial charge in [-0.05, 0) is 19.1 Å². The number of aromatic nitrogens is 2. The normalized spacial score (nSPS) is 10.1. The minimum absolute atomic E-state index is 0.166. The number of aryl methyl sites for hydroxylation is 1. The number of carboxylic acid groups (broad SMARTS) is 1. The van der Waals surface area contributed by atoms with E-state index in [2.05, 4.69) is 11.2 Å². The van der Waals surface area contributed by atoms with Crippen LogP contribution < -0.4 is 4.90 Å². The molecule has 108 valence electrons. The average molecular weight is 284 g/mol. The quantitative estimate of drug-likeness (QED) is 0.910. The van der Waals surface area contributed by atoms with Crippen molar-refractivity contribution >= 4 is 11.8 Å². The van der Waals surface area contributed by atoms with Crippen LogP contribution in [0.2, 0.25) is 0 Å². The van der Waals surface area contributed by atoms with Crippen molar-refractivity contribution in [2.24, 2.45) is 0 Å². The minimum atomic E-state index is -1.02. The Morgan fingerprint density at radius 2 is 2.10 bits per heavy atom. The Labute approximate surface area is 122 Å². The summed E-state index contributed by atoms with van der Waals surface area (Å²) >= 11 is 0. The molecule has 2 aromatic rings. The molecule has 0 unspecified atom stereocenters.